The maximum Gasteiger partial charge on any atom is 0.198 e. The molecule has 0 heterocycles. The summed E-state index contributed by atoms with van der Waals surface area (Å²) in [6.45, 7) is 2.67. The summed E-state index contributed by atoms with van der Waals surface area (Å²) >= 11 is 0. The van der Waals surface area contributed by atoms with E-state index in [-0.39, 0.29) is 5.78 Å². The van der Waals surface area contributed by atoms with E-state index in [9.17, 15) is 4.79 Å². The summed E-state index contributed by atoms with van der Waals surface area (Å²) in [5, 5.41) is 0. The second-order valence-electron chi connectivity index (χ2n) is 5.19. The maximum absolute atomic E-state index is 12.5. The number of hydrogen-bond donors (Lipinski definition) is 0. The standard InChI is InChI=1S/C20H21NO/c1-2-3-12-19(20(22)18-13-8-5-9-14-18)16-21-15-17-10-6-4-7-11-17/h4-11,13-14H,2-3,12,15H2,1H3. The number of rotatable bonds is 7. The van der Waals surface area contributed by atoms with Gasteiger partial charge in [-0.05, 0) is 24.3 Å². The Morgan fingerprint density at radius 1 is 1.00 bits per heavy atom. The van der Waals surface area contributed by atoms with E-state index >= 15 is 0 Å². The molecule has 0 aromatic heterocycles. The van der Waals surface area contributed by atoms with E-state index in [2.05, 4.69) is 17.8 Å². The third-order valence-corrected chi connectivity index (χ3v) is 3.41. The number of hydrogen-bond acceptors (Lipinski definition) is 2. The van der Waals surface area contributed by atoms with Crippen LogP contribution in [0.5, 0.6) is 0 Å². The van der Waals surface area contributed by atoms with Crippen LogP contribution in [-0.2, 0) is 6.54 Å². The number of ketones is 1. The Morgan fingerprint density at radius 3 is 2.27 bits per heavy atom. The zero-order valence-electron chi connectivity index (χ0n) is 13.0. The molecule has 2 heteroatoms. The van der Waals surface area contributed by atoms with Gasteiger partial charge in [0.05, 0.1) is 12.1 Å². The molecule has 0 atom stereocenters. The number of carbonyl (C=O) groups is 1. The van der Waals surface area contributed by atoms with Crippen LogP contribution in [0, 0.1) is 0 Å². The van der Waals surface area contributed by atoms with Crippen LogP contribution in [0.4, 0.5) is 0 Å². The highest BCUT2D eigenvalue weighted by atomic mass is 16.1. The van der Waals surface area contributed by atoms with Crippen molar-refractivity contribution in [3.8, 4) is 0 Å². The maximum atomic E-state index is 12.5. The first-order chi connectivity index (χ1) is 10.8. The van der Waals surface area contributed by atoms with Crippen LogP contribution >= 0.6 is 0 Å². The molecule has 0 fully saturated rings. The van der Waals surface area contributed by atoms with Crippen molar-refractivity contribution in [1.82, 2.24) is 0 Å². The Morgan fingerprint density at radius 2 is 1.64 bits per heavy atom. The summed E-state index contributed by atoms with van der Waals surface area (Å²) in [4.78, 5) is 16.9. The summed E-state index contributed by atoms with van der Waals surface area (Å²) in [7, 11) is 0. The number of nitrogens with zero attached hydrogens (tertiary/aromatic N) is 1. The topological polar surface area (TPSA) is 29.4 Å². The molecule has 0 aliphatic heterocycles. The lowest BCUT2D eigenvalue weighted by Crippen LogP contribution is -2.04. The van der Waals surface area contributed by atoms with Crippen LogP contribution in [0.15, 0.2) is 71.2 Å². The van der Waals surface area contributed by atoms with Gasteiger partial charge in [-0.25, -0.2) is 4.99 Å². The lowest BCUT2D eigenvalue weighted by molar-refractivity contribution is 0.103. The van der Waals surface area contributed by atoms with Crippen LogP contribution in [0.2, 0.25) is 0 Å². The summed E-state index contributed by atoms with van der Waals surface area (Å²) < 4.78 is 0. The molecule has 0 aliphatic carbocycles. The van der Waals surface area contributed by atoms with E-state index in [0.29, 0.717) is 17.7 Å². The first-order valence-corrected chi connectivity index (χ1v) is 7.73. The molecule has 2 aromatic rings. The monoisotopic (exact) mass is 291 g/mol. The van der Waals surface area contributed by atoms with Gasteiger partial charge in [0.1, 0.15) is 0 Å². The molecule has 112 valence electrons. The van der Waals surface area contributed by atoms with E-state index in [4.69, 9.17) is 0 Å². The minimum atomic E-state index is 0.0332. The molecule has 22 heavy (non-hydrogen) atoms. The zero-order chi connectivity index (χ0) is 15.6. The van der Waals surface area contributed by atoms with E-state index in [0.717, 1.165) is 24.8 Å². The molecular weight excluding hydrogens is 270 g/mol. The number of aliphatic imine (C=N–C) groups is 1. The van der Waals surface area contributed by atoms with Gasteiger partial charge in [0.15, 0.2) is 5.78 Å². The fourth-order valence-corrected chi connectivity index (χ4v) is 2.15. The zero-order valence-corrected chi connectivity index (χ0v) is 13.0. The largest absolute Gasteiger partial charge is 0.288 e. The quantitative estimate of drug-likeness (QED) is 0.407. The minimum absolute atomic E-state index is 0.0332. The van der Waals surface area contributed by atoms with E-state index in [1.165, 1.54) is 0 Å². The van der Waals surface area contributed by atoms with Gasteiger partial charge in [0, 0.05) is 5.56 Å². The fraction of sp³-hybridized carbons (Fsp3) is 0.250. The molecular formula is C20H21NO. The summed E-state index contributed by atoms with van der Waals surface area (Å²) in [6, 6.07) is 19.4. The Hall–Kier alpha value is -2.44. The Kier molecular flexibility index (Phi) is 6.35. The number of benzene rings is 2. The van der Waals surface area contributed by atoms with Crippen LogP contribution in [0.3, 0.4) is 0 Å². The number of Topliss-reactive ketones (excluding diaryl/α,β-unsaturated/α-hetero) is 1. The van der Waals surface area contributed by atoms with Crippen molar-refractivity contribution in [2.75, 3.05) is 0 Å². The van der Waals surface area contributed by atoms with Crippen molar-refractivity contribution in [1.29, 1.82) is 0 Å². The van der Waals surface area contributed by atoms with Crippen LogP contribution in [-0.4, -0.2) is 11.7 Å². The highest BCUT2D eigenvalue weighted by Gasteiger charge is 2.11. The molecule has 0 saturated heterocycles. The minimum Gasteiger partial charge on any atom is -0.288 e. The van der Waals surface area contributed by atoms with Gasteiger partial charge in [-0.15, -0.1) is 0 Å². The first-order valence-electron chi connectivity index (χ1n) is 7.73. The molecule has 0 spiro atoms. The predicted octanol–water partition coefficient (Wildman–Crippen LogP) is 4.86. The molecule has 0 unspecified atom stereocenters. The van der Waals surface area contributed by atoms with Gasteiger partial charge in [-0.2, -0.15) is 0 Å². The molecule has 0 N–H and O–H groups in total. The number of unbranched alkanes of at least 4 members (excludes halogenated alkanes) is 1. The molecule has 2 nitrogen and oxygen atoms in total. The highest BCUT2D eigenvalue weighted by Crippen LogP contribution is 2.12. The summed E-state index contributed by atoms with van der Waals surface area (Å²) in [6.07, 6.45) is 2.75. The van der Waals surface area contributed by atoms with Crippen molar-refractivity contribution in [2.45, 2.75) is 32.7 Å². The van der Waals surface area contributed by atoms with Gasteiger partial charge < -0.3 is 0 Å². The van der Waals surface area contributed by atoms with Crippen molar-refractivity contribution in [3.05, 3.63) is 77.4 Å². The SMILES string of the molecule is CCCCC(=C=NCc1ccccc1)C(=O)c1ccccc1. The third kappa shape index (κ3) is 4.83. The van der Waals surface area contributed by atoms with E-state index in [1.807, 2.05) is 60.7 Å². The van der Waals surface area contributed by atoms with E-state index in [1.54, 1.807) is 0 Å². The van der Waals surface area contributed by atoms with Crippen molar-refractivity contribution in [2.24, 2.45) is 4.99 Å². The van der Waals surface area contributed by atoms with E-state index < -0.39 is 0 Å². The van der Waals surface area contributed by atoms with Gasteiger partial charge >= 0.3 is 0 Å². The molecule has 0 bridgehead atoms. The van der Waals surface area contributed by atoms with Crippen LogP contribution < -0.4 is 0 Å². The highest BCUT2D eigenvalue weighted by molar-refractivity contribution is 6.13. The fourth-order valence-electron chi connectivity index (χ4n) is 2.15. The third-order valence-electron chi connectivity index (χ3n) is 3.41. The molecule has 0 aliphatic rings. The second kappa shape index (κ2) is 8.76. The van der Waals surface area contributed by atoms with Crippen molar-refractivity contribution in [3.63, 3.8) is 0 Å². The van der Waals surface area contributed by atoms with Crippen LogP contribution in [0.1, 0.15) is 42.1 Å². The van der Waals surface area contributed by atoms with Gasteiger partial charge in [-0.3, -0.25) is 4.79 Å². The van der Waals surface area contributed by atoms with Crippen molar-refractivity contribution < 1.29 is 4.79 Å². The van der Waals surface area contributed by atoms with Gasteiger partial charge in [0.25, 0.3) is 0 Å². The molecule has 2 aromatic carbocycles. The average Bonchev–Trinajstić information content (AvgIpc) is 2.59. The Balaban J connectivity index is 2.18. The summed E-state index contributed by atoms with van der Waals surface area (Å²) in [5.74, 6) is 3.03. The lowest BCUT2D eigenvalue weighted by Gasteiger charge is -2.03. The molecule has 0 radical (unpaired) electrons. The molecule has 2 rings (SSSR count). The molecule has 0 amide bonds. The Labute approximate surface area is 132 Å². The normalized spacial score (nSPS) is 9.86. The summed E-state index contributed by atoms with van der Waals surface area (Å²) in [5.41, 5.74) is 2.50. The Bertz CT molecular complexity index is 653. The first kappa shape index (κ1) is 15.9. The predicted molar refractivity (Wildman–Crippen MR) is 91.4 cm³/mol. The molecule has 0 saturated carbocycles. The average molecular weight is 291 g/mol. The number of carbonyl (C=O) groups excluding carboxylic acids is 1. The van der Waals surface area contributed by atoms with Crippen molar-refractivity contribution >= 4 is 11.7 Å². The number of allylic oxidation sites excluding steroid dienone is 1. The second-order valence-corrected chi connectivity index (χ2v) is 5.19. The van der Waals surface area contributed by atoms with Gasteiger partial charge in [-0.1, -0.05) is 74.0 Å². The van der Waals surface area contributed by atoms with Crippen LogP contribution in [0.25, 0.3) is 0 Å². The van der Waals surface area contributed by atoms with Gasteiger partial charge in [0.2, 0.25) is 0 Å². The smallest absolute Gasteiger partial charge is 0.198 e. The lowest BCUT2D eigenvalue weighted by atomic mass is 10.0.